The summed E-state index contributed by atoms with van der Waals surface area (Å²) >= 11 is 7.76. The molecule has 0 bridgehead atoms. The second-order valence-electron chi connectivity index (χ2n) is 8.36. The van der Waals surface area contributed by atoms with Gasteiger partial charge in [0, 0.05) is 17.3 Å². The lowest BCUT2D eigenvalue weighted by atomic mass is 10.0. The van der Waals surface area contributed by atoms with E-state index in [1.165, 1.54) is 22.5 Å². The third-order valence-corrected chi connectivity index (χ3v) is 6.98. The highest BCUT2D eigenvalue weighted by atomic mass is 35.5. The maximum Gasteiger partial charge on any atom is 0.233 e. The maximum absolute atomic E-state index is 13.5. The van der Waals surface area contributed by atoms with E-state index in [0.717, 1.165) is 32.7 Å². The topological polar surface area (TPSA) is 51.0 Å². The Morgan fingerprint density at radius 3 is 2.50 bits per heavy atom. The highest BCUT2D eigenvalue weighted by molar-refractivity contribution is 7.22. The summed E-state index contributed by atoms with van der Waals surface area (Å²) in [6, 6.07) is 12.1. The Kier molecular flexibility index (Phi) is 6.35. The summed E-state index contributed by atoms with van der Waals surface area (Å²) in [5.41, 5.74) is 7.38. The van der Waals surface area contributed by atoms with Gasteiger partial charge in [-0.2, -0.15) is 5.10 Å². The van der Waals surface area contributed by atoms with Crippen LogP contribution in [0.25, 0.3) is 10.2 Å². The zero-order valence-electron chi connectivity index (χ0n) is 19.1. The van der Waals surface area contributed by atoms with E-state index in [9.17, 15) is 4.79 Å². The minimum atomic E-state index is 0.0255. The van der Waals surface area contributed by atoms with Gasteiger partial charge in [-0.25, -0.2) is 4.98 Å². The number of nitrogens with zero attached hydrogens (tertiary/aromatic N) is 4. The van der Waals surface area contributed by atoms with Crippen LogP contribution in [0.15, 0.2) is 36.4 Å². The molecule has 166 valence electrons. The van der Waals surface area contributed by atoms with Crippen LogP contribution in [-0.4, -0.2) is 27.2 Å². The van der Waals surface area contributed by atoms with Crippen LogP contribution in [0.2, 0.25) is 5.02 Å². The lowest BCUT2D eigenvalue weighted by Crippen LogP contribution is -2.35. The molecule has 2 aromatic heterocycles. The second-order valence-corrected chi connectivity index (χ2v) is 9.80. The number of thiazole rings is 1. The van der Waals surface area contributed by atoms with E-state index >= 15 is 0 Å². The van der Waals surface area contributed by atoms with Crippen molar-refractivity contribution in [2.24, 2.45) is 0 Å². The Morgan fingerprint density at radius 2 is 1.81 bits per heavy atom. The molecule has 0 saturated heterocycles. The molecule has 4 rings (SSSR count). The van der Waals surface area contributed by atoms with Gasteiger partial charge in [-0.05, 0) is 75.1 Å². The first-order valence-corrected chi connectivity index (χ1v) is 11.8. The molecule has 4 aromatic rings. The lowest BCUT2D eigenvalue weighted by molar-refractivity contribution is -0.118. The van der Waals surface area contributed by atoms with E-state index in [0.29, 0.717) is 29.7 Å². The molecule has 7 heteroatoms. The summed E-state index contributed by atoms with van der Waals surface area (Å²) in [7, 11) is 0. The zero-order chi connectivity index (χ0) is 23.0. The van der Waals surface area contributed by atoms with Crippen molar-refractivity contribution in [3.8, 4) is 0 Å². The van der Waals surface area contributed by atoms with Crippen molar-refractivity contribution in [2.75, 3.05) is 11.4 Å². The quantitative estimate of drug-likeness (QED) is 0.352. The zero-order valence-corrected chi connectivity index (χ0v) is 20.6. The van der Waals surface area contributed by atoms with E-state index in [1.807, 2.05) is 49.7 Å². The number of amides is 1. The van der Waals surface area contributed by atoms with E-state index < -0.39 is 0 Å². The molecule has 1 amide bonds. The van der Waals surface area contributed by atoms with Gasteiger partial charge in [0.15, 0.2) is 5.13 Å². The van der Waals surface area contributed by atoms with Crippen molar-refractivity contribution in [1.29, 1.82) is 0 Å². The minimum absolute atomic E-state index is 0.0255. The first-order valence-electron chi connectivity index (χ1n) is 10.7. The molecule has 0 fully saturated rings. The van der Waals surface area contributed by atoms with Crippen molar-refractivity contribution in [1.82, 2.24) is 14.8 Å². The van der Waals surface area contributed by atoms with Crippen LogP contribution in [0.4, 0.5) is 5.13 Å². The van der Waals surface area contributed by atoms with Crippen molar-refractivity contribution in [3.63, 3.8) is 0 Å². The summed E-state index contributed by atoms with van der Waals surface area (Å²) in [6.45, 7) is 11.3. The molecule has 32 heavy (non-hydrogen) atoms. The molecule has 0 saturated carbocycles. The third-order valence-electron chi connectivity index (χ3n) is 5.74. The van der Waals surface area contributed by atoms with Crippen LogP contribution >= 0.6 is 22.9 Å². The van der Waals surface area contributed by atoms with Crippen molar-refractivity contribution >= 4 is 44.2 Å². The summed E-state index contributed by atoms with van der Waals surface area (Å²) in [5.74, 6) is 0.0255. The first kappa shape index (κ1) is 22.5. The van der Waals surface area contributed by atoms with Crippen LogP contribution < -0.4 is 4.90 Å². The predicted molar refractivity (Wildman–Crippen MR) is 133 cm³/mol. The number of hydrogen-bond donors (Lipinski definition) is 0. The van der Waals surface area contributed by atoms with Gasteiger partial charge in [0.25, 0.3) is 0 Å². The predicted octanol–water partition coefficient (Wildman–Crippen LogP) is 5.96. The average molecular weight is 467 g/mol. The van der Waals surface area contributed by atoms with Gasteiger partial charge in [-0.3, -0.25) is 14.4 Å². The highest BCUT2D eigenvalue weighted by Crippen LogP contribution is 2.33. The minimum Gasteiger partial charge on any atom is -0.286 e. The Balaban J connectivity index is 1.66. The van der Waals surface area contributed by atoms with E-state index in [1.54, 1.807) is 4.90 Å². The molecule has 0 aliphatic heterocycles. The second kappa shape index (κ2) is 9.04. The Bertz CT molecular complexity index is 1310. The molecule has 2 heterocycles. The Labute approximate surface area is 197 Å². The van der Waals surface area contributed by atoms with Crippen LogP contribution in [-0.2, 0) is 17.8 Å². The number of carbonyl (C=O) groups excluding carboxylic acids is 1. The van der Waals surface area contributed by atoms with Gasteiger partial charge in [0.05, 0.1) is 28.9 Å². The molecule has 0 atom stereocenters. The molecule has 0 N–H and O–H groups in total. The number of anilines is 1. The number of aromatic nitrogens is 3. The Hall–Kier alpha value is -2.70. The third kappa shape index (κ3) is 4.71. The summed E-state index contributed by atoms with van der Waals surface area (Å²) in [6.07, 6.45) is 0.327. The summed E-state index contributed by atoms with van der Waals surface area (Å²) < 4.78 is 2.93. The van der Waals surface area contributed by atoms with E-state index in [2.05, 4.69) is 31.1 Å². The summed E-state index contributed by atoms with van der Waals surface area (Å²) in [5, 5.41) is 5.93. The number of fused-ring (bicyclic) bond motifs is 1. The number of rotatable bonds is 6. The molecular formula is C25H27ClN4OS. The Morgan fingerprint density at radius 1 is 1.03 bits per heavy atom. The molecule has 0 unspecified atom stereocenters. The van der Waals surface area contributed by atoms with Gasteiger partial charge in [-0.1, -0.05) is 41.1 Å². The van der Waals surface area contributed by atoms with Gasteiger partial charge < -0.3 is 0 Å². The van der Waals surface area contributed by atoms with Crippen LogP contribution in [0.1, 0.15) is 33.6 Å². The fraction of sp³-hybridized carbons (Fsp3) is 0.320. The van der Waals surface area contributed by atoms with Crippen molar-refractivity contribution < 1.29 is 4.79 Å². The molecular weight excluding hydrogens is 440 g/mol. The number of hydrogen-bond acceptors (Lipinski definition) is 4. The number of benzene rings is 2. The maximum atomic E-state index is 13.5. The fourth-order valence-electron chi connectivity index (χ4n) is 3.86. The largest absolute Gasteiger partial charge is 0.286 e. The van der Waals surface area contributed by atoms with Gasteiger partial charge in [0.1, 0.15) is 0 Å². The average Bonchev–Trinajstić information content (AvgIpc) is 3.27. The number of carbonyl (C=O) groups is 1. The highest BCUT2D eigenvalue weighted by Gasteiger charge is 2.21. The number of aryl methyl sites for hydroxylation is 5. The van der Waals surface area contributed by atoms with Crippen LogP contribution in [0.3, 0.4) is 0 Å². The smallest absolute Gasteiger partial charge is 0.233 e. The normalized spacial score (nSPS) is 11.3. The summed E-state index contributed by atoms with van der Waals surface area (Å²) in [4.78, 5) is 20.1. The molecule has 0 aliphatic rings. The van der Waals surface area contributed by atoms with E-state index in [-0.39, 0.29) is 5.91 Å². The van der Waals surface area contributed by atoms with Crippen LogP contribution in [0, 0.1) is 34.6 Å². The molecule has 0 radical (unpaired) electrons. The van der Waals surface area contributed by atoms with Crippen LogP contribution in [0.5, 0.6) is 0 Å². The fourth-order valence-corrected chi connectivity index (χ4v) is 5.33. The SMILES string of the molecule is Cc1cc(C)n(CCN(C(=O)Cc2ccc(C)c(C)c2)c2nc3c(C)cc(Cl)cc3s2)n1. The molecule has 2 aromatic carbocycles. The molecule has 0 spiro atoms. The van der Waals surface area contributed by atoms with Crippen molar-refractivity contribution in [2.45, 2.75) is 47.6 Å². The lowest BCUT2D eigenvalue weighted by Gasteiger charge is -2.20. The first-order chi connectivity index (χ1) is 15.2. The van der Waals surface area contributed by atoms with E-state index in [4.69, 9.17) is 16.6 Å². The van der Waals surface area contributed by atoms with Gasteiger partial charge in [-0.15, -0.1) is 0 Å². The standard InChI is InChI=1S/C25H27ClN4OS/c1-15-6-7-20(10-16(15)2)13-23(31)29(8-9-30-19(5)12-18(4)28-30)25-27-24-17(3)11-21(26)14-22(24)32-25/h6-7,10-12,14H,8-9,13H2,1-5H3. The number of halogens is 1. The van der Waals surface area contributed by atoms with Crippen molar-refractivity contribution in [3.05, 3.63) is 75.1 Å². The monoisotopic (exact) mass is 466 g/mol. The van der Waals surface area contributed by atoms with Gasteiger partial charge in [0.2, 0.25) is 5.91 Å². The molecule has 0 aliphatic carbocycles. The van der Waals surface area contributed by atoms with Gasteiger partial charge >= 0.3 is 0 Å². The molecule has 5 nitrogen and oxygen atoms in total.